The zero-order valence-electron chi connectivity index (χ0n) is 12.1. The van der Waals surface area contributed by atoms with Gasteiger partial charge in [0, 0.05) is 0 Å². The summed E-state index contributed by atoms with van der Waals surface area (Å²) < 4.78 is 10.3. The lowest BCUT2D eigenvalue weighted by Crippen LogP contribution is -2.34. The van der Waals surface area contributed by atoms with Crippen molar-refractivity contribution >= 4 is 11.8 Å². The normalized spacial score (nSPS) is 12.7. The van der Waals surface area contributed by atoms with Gasteiger partial charge < -0.3 is 20.5 Å². The molecule has 5 nitrogen and oxygen atoms in total. The van der Waals surface area contributed by atoms with Crippen LogP contribution in [0.15, 0.2) is 18.2 Å². The third-order valence-corrected chi connectivity index (χ3v) is 2.49. The number of nitrogens with one attached hydrogen (secondary N) is 1. The Balaban J connectivity index is 2.70. The number of carbonyl (C=O) groups excluding carboxylic acids is 1. The van der Waals surface area contributed by atoms with Crippen molar-refractivity contribution in [1.82, 2.24) is 5.32 Å². The molecule has 0 fully saturated rings. The fourth-order valence-electron chi connectivity index (χ4n) is 1.59. The second kappa shape index (κ2) is 5.82. The van der Waals surface area contributed by atoms with Crippen molar-refractivity contribution in [2.45, 2.75) is 39.3 Å². The highest BCUT2D eigenvalue weighted by Crippen LogP contribution is 2.25. The van der Waals surface area contributed by atoms with Crippen molar-refractivity contribution < 1.29 is 14.3 Å². The summed E-state index contributed by atoms with van der Waals surface area (Å²) in [5, 5.41) is 2.76. The van der Waals surface area contributed by atoms with E-state index in [0.717, 1.165) is 5.56 Å². The first-order valence-electron chi connectivity index (χ1n) is 6.16. The minimum Gasteiger partial charge on any atom is -0.495 e. The number of anilines is 1. The van der Waals surface area contributed by atoms with Crippen molar-refractivity contribution in [1.29, 1.82) is 0 Å². The van der Waals surface area contributed by atoms with Crippen LogP contribution < -0.4 is 15.8 Å². The van der Waals surface area contributed by atoms with E-state index >= 15 is 0 Å². The molecular weight excluding hydrogens is 244 g/mol. The molecule has 0 saturated heterocycles. The SMILES string of the molecule is COc1ccc(C(C)NC(=O)OC(C)(C)C)cc1N. The summed E-state index contributed by atoms with van der Waals surface area (Å²) in [6, 6.07) is 5.22. The van der Waals surface area contributed by atoms with Gasteiger partial charge in [0.2, 0.25) is 0 Å². The number of nitrogens with two attached hydrogens (primary N) is 1. The summed E-state index contributed by atoms with van der Waals surface area (Å²) in [7, 11) is 1.56. The van der Waals surface area contributed by atoms with Crippen molar-refractivity contribution in [2.75, 3.05) is 12.8 Å². The molecule has 5 heteroatoms. The number of ether oxygens (including phenoxy) is 2. The number of alkyl carbamates (subject to hydrolysis) is 1. The first kappa shape index (κ1) is 15.1. The lowest BCUT2D eigenvalue weighted by molar-refractivity contribution is 0.0508. The molecule has 106 valence electrons. The summed E-state index contributed by atoms with van der Waals surface area (Å²) in [6.45, 7) is 7.33. The maximum atomic E-state index is 11.7. The molecule has 0 heterocycles. The molecule has 1 atom stereocenters. The Morgan fingerprint density at radius 3 is 2.47 bits per heavy atom. The molecule has 0 aromatic heterocycles. The third-order valence-electron chi connectivity index (χ3n) is 2.49. The van der Waals surface area contributed by atoms with Gasteiger partial charge in [0.1, 0.15) is 11.4 Å². The van der Waals surface area contributed by atoms with Gasteiger partial charge in [-0.15, -0.1) is 0 Å². The van der Waals surface area contributed by atoms with Crippen LogP contribution >= 0.6 is 0 Å². The van der Waals surface area contributed by atoms with Gasteiger partial charge >= 0.3 is 6.09 Å². The van der Waals surface area contributed by atoms with Gasteiger partial charge in [-0.05, 0) is 45.4 Å². The molecule has 3 N–H and O–H groups in total. The maximum Gasteiger partial charge on any atom is 0.408 e. The summed E-state index contributed by atoms with van der Waals surface area (Å²) >= 11 is 0. The molecule has 1 rings (SSSR count). The van der Waals surface area contributed by atoms with E-state index in [2.05, 4.69) is 5.32 Å². The van der Waals surface area contributed by atoms with Gasteiger partial charge in [-0.3, -0.25) is 0 Å². The number of carbonyl (C=O) groups is 1. The largest absolute Gasteiger partial charge is 0.495 e. The average Bonchev–Trinajstić information content (AvgIpc) is 2.26. The Bertz CT molecular complexity index is 452. The topological polar surface area (TPSA) is 73.6 Å². The minimum absolute atomic E-state index is 0.192. The predicted molar refractivity (Wildman–Crippen MR) is 75.2 cm³/mol. The molecule has 1 aromatic carbocycles. The molecule has 0 radical (unpaired) electrons. The Kier molecular flexibility index (Phi) is 4.64. The number of hydrogen-bond acceptors (Lipinski definition) is 4. The molecule has 0 spiro atoms. The van der Waals surface area contributed by atoms with Gasteiger partial charge in [0.25, 0.3) is 0 Å². The minimum atomic E-state index is -0.511. The predicted octanol–water partition coefficient (Wildman–Crippen LogP) is 2.86. The van der Waals surface area contributed by atoms with Crippen molar-refractivity contribution in [3.05, 3.63) is 23.8 Å². The number of hydrogen-bond donors (Lipinski definition) is 2. The standard InChI is InChI=1S/C14H22N2O3/c1-9(16-13(17)19-14(2,3)4)10-6-7-12(18-5)11(15)8-10/h6-9H,15H2,1-5H3,(H,16,17). The van der Waals surface area contributed by atoms with Crippen LogP contribution in [-0.4, -0.2) is 18.8 Å². The summed E-state index contributed by atoms with van der Waals surface area (Å²) in [4.78, 5) is 11.7. The molecular formula is C14H22N2O3. The number of rotatable bonds is 3. The quantitative estimate of drug-likeness (QED) is 0.825. The maximum absolute atomic E-state index is 11.7. The zero-order chi connectivity index (χ0) is 14.6. The first-order chi connectivity index (χ1) is 8.73. The summed E-state index contributed by atoms with van der Waals surface area (Å²) in [5.74, 6) is 0.619. The van der Waals surface area contributed by atoms with E-state index in [-0.39, 0.29) is 6.04 Å². The van der Waals surface area contributed by atoms with E-state index in [1.54, 1.807) is 19.2 Å². The number of benzene rings is 1. The lowest BCUT2D eigenvalue weighted by Gasteiger charge is -2.22. The molecule has 0 aliphatic rings. The van der Waals surface area contributed by atoms with Crippen LogP contribution in [0.2, 0.25) is 0 Å². The van der Waals surface area contributed by atoms with Crippen LogP contribution in [0.5, 0.6) is 5.75 Å². The Labute approximate surface area is 114 Å². The summed E-state index contributed by atoms with van der Waals surface area (Å²) in [5.41, 5.74) is 6.75. The molecule has 1 aromatic rings. The van der Waals surface area contributed by atoms with E-state index in [1.165, 1.54) is 0 Å². The smallest absolute Gasteiger partial charge is 0.408 e. The van der Waals surface area contributed by atoms with Gasteiger partial charge in [-0.2, -0.15) is 0 Å². The van der Waals surface area contributed by atoms with Crippen LogP contribution in [0.25, 0.3) is 0 Å². The van der Waals surface area contributed by atoms with Crippen LogP contribution in [-0.2, 0) is 4.74 Å². The van der Waals surface area contributed by atoms with Crippen LogP contribution in [0.3, 0.4) is 0 Å². The van der Waals surface area contributed by atoms with Gasteiger partial charge in [-0.1, -0.05) is 6.07 Å². The Hall–Kier alpha value is -1.91. The number of nitrogen functional groups attached to an aromatic ring is 1. The van der Waals surface area contributed by atoms with Crippen molar-refractivity contribution in [3.63, 3.8) is 0 Å². The monoisotopic (exact) mass is 266 g/mol. The zero-order valence-corrected chi connectivity index (χ0v) is 12.1. The highest BCUT2D eigenvalue weighted by molar-refractivity contribution is 5.68. The highest BCUT2D eigenvalue weighted by atomic mass is 16.6. The third kappa shape index (κ3) is 4.69. The van der Waals surface area contributed by atoms with E-state index in [0.29, 0.717) is 11.4 Å². The molecule has 0 aliphatic carbocycles. The molecule has 0 aliphatic heterocycles. The number of methoxy groups -OCH3 is 1. The Morgan fingerprint density at radius 1 is 1.37 bits per heavy atom. The molecule has 0 saturated carbocycles. The molecule has 1 amide bonds. The van der Waals surface area contributed by atoms with E-state index in [9.17, 15) is 4.79 Å². The fraction of sp³-hybridized carbons (Fsp3) is 0.500. The number of amides is 1. The van der Waals surface area contributed by atoms with Crippen LogP contribution in [0.4, 0.5) is 10.5 Å². The average molecular weight is 266 g/mol. The second-order valence-electron chi connectivity index (χ2n) is 5.37. The lowest BCUT2D eigenvalue weighted by atomic mass is 10.1. The van der Waals surface area contributed by atoms with Crippen molar-refractivity contribution in [2.24, 2.45) is 0 Å². The fourth-order valence-corrected chi connectivity index (χ4v) is 1.59. The van der Waals surface area contributed by atoms with Crippen LogP contribution in [0.1, 0.15) is 39.3 Å². The van der Waals surface area contributed by atoms with Gasteiger partial charge in [0.05, 0.1) is 18.8 Å². The van der Waals surface area contributed by atoms with E-state index < -0.39 is 11.7 Å². The highest BCUT2D eigenvalue weighted by Gasteiger charge is 2.18. The van der Waals surface area contributed by atoms with Crippen molar-refractivity contribution in [3.8, 4) is 5.75 Å². The molecule has 0 bridgehead atoms. The van der Waals surface area contributed by atoms with Crippen LogP contribution in [0, 0.1) is 0 Å². The van der Waals surface area contributed by atoms with Gasteiger partial charge in [0.15, 0.2) is 0 Å². The molecule has 1 unspecified atom stereocenters. The van der Waals surface area contributed by atoms with E-state index in [1.807, 2.05) is 33.8 Å². The van der Waals surface area contributed by atoms with E-state index in [4.69, 9.17) is 15.2 Å². The second-order valence-corrected chi connectivity index (χ2v) is 5.37. The molecule has 19 heavy (non-hydrogen) atoms. The Morgan fingerprint density at radius 2 is 2.00 bits per heavy atom. The van der Waals surface area contributed by atoms with Gasteiger partial charge in [-0.25, -0.2) is 4.79 Å². The first-order valence-corrected chi connectivity index (χ1v) is 6.16. The summed E-state index contributed by atoms with van der Waals surface area (Å²) in [6.07, 6.45) is -0.450.